The highest BCUT2D eigenvalue weighted by Crippen LogP contribution is 2.55. The number of rotatable bonds is 2. The number of halogens is 3. The molecule has 2 aliphatic carbocycles. The van der Waals surface area contributed by atoms with E-state index in [0.29, 0.717) is 10.6 Å². The molecular weight excluding hydrogens is 343 g/mol. The molecule has 20 heavy (non-hydrogen) atoms. The van der Waals surface area contributed by atoms with E-state index < -0.39 is 5.82 Å². The standard InChI is InChI=1S/C16H19BrClFO/c17-14-10-15(16(14)7-3-1-2-4-8-16)20-11-5-6-12(18)13(19)9-11/h5-6,9,14-15H,1-4,7-8,10H2. The smallest absolute Gasteiger partial charge is 0.145 e. The van der Waals surface area contributed by atoms with Crippen molar-refractivity contribution in [3.8, 4) is 5.75 Å². The highest BCUT2D eigenvalue weighted by Gasteiger charge is 2.54. The maximum absolute atomic E-state index is 13.5. The molecule has 2 saturated carbocycles. The largest absolute Gasteiger partial charge is 0.490 e. The second kappa shape index (κ2) is 5.84. The number of hydrogen-bond donors (Lipinski definition) is 0. The van der Waals surface area contributed by atoms with Crippen molar-refractivity contribution in [2.45, 2.75) is 55.9 Å². The molecule has 110 valence electrons. The fraction of sp³-hybridized carbons (Fsp3) is 0.625. The minimum absolute atomic E-state index is 0.147. The zero-order valence-electron chi connectivity index (χ0n) is 11.4. The fourth-order valence-corrected chi connectivity index (χ4v) is 4.81. The first-order chi connectivity index (χ1) is 9.62. The Bertz CT molecular complexity index is 485. The van der Waals surface area contributed by atoms with Crippen LogP contribution in [0.5, 0.6) is 5.75 Å². The normalized spacial score (nSPS) is 28.8. The van der Waals surface area contributed by atoms with Gasteiger partial charge in [-0.05, 0) is 31.4 Å². The lowest BCUT2D eigenvalue weighted by Gasteiger charge is -2.53. The molecule has 0 bridgehead atoms. The van der Waals surface area contributed by atoms with Gasteiger partial charge in [-0.2, -0.15) is 0 Å². The topological polar surface area (TPSA) is 9.23 Å². The van der Waals surface area contributed by atoms with E-state index in [-0.39, 0.29) is 16.5 Å². The predicted octanol–water partition coefficient (Wildman–Crippen LogP) is 5.73. The minimum Gasteiger partial charge on any atom is -0.490 e. The fourth-order valence-electron chi connectivity index (χ4n) is 3.60. The van der Waals surface area contributed by atoms with Crippen molar-refractivity contribution < 1.29 is 9.13 Å². The molecule has 3 rings (SSSR count). The molecule has 1 aromatic rings. The molecule has 0 N–H and O–H groups in total. The second-order valence-electron chi connectivity index (χ2n) is 6.03. The summed E-state index contributed by atoms with van der Waals surface area (Å²) in [7, 11) is 0. The maximum Gasteiger partial charge on any atom is 0.145 e. The number of ether oxygens (including phenoxy) is 1. The Balaban J connectivity index is 1.75. The molecule has 0 heterocycles. The molecule has 2 aliphatic rings. The van der Waals surface area contributed by atoms with Gasteiger partial charge in [-0.1, -0.05) is 53.2 Å². The molecule has 1 aromatic carbocycles. The molecular formula is C16H19BrClFO. The maximum atomic E-state index is 13.5. The average molecular weight is 362 g/mol. The Hall–Kier alpha value is -0.280. The lowest BCUT2D eigenvalue weighted by atomic mass is 9.61. The average Bonchev–Trinajstić information content (AvgIpc) is 2.70. The van der Waals surface area contributed by atoms with E-state index in [1.54, 1.807) is 12.1 Å². The lowest BCUT2D eigenvalue weighted by molar-refractivity contribution is -0.0463. The number of alkyl halides is 1. The first-order valence-electron chi connectivity index (χ1n) is 7.37. The van der Waals surface area contributed by atoms with E-state index in [1.807, 2.05) is 0 Å². The van der Waals surface area contributed by atoms with Crippen LogP contribution in [-0.2, 0) is 0 Å². The first-order valence-corrected chi connectivity index (χ1v) is 8.67. The van der Waals surface area contributed by atoms with Gasteiger partial charge < -0.3 is 4.74 Å². The highest BCUT2D eigenvalue weighted by molar-refractivity contribution is 9.09. The van der Waals surface area contributed by atoms with Crippen LogP contribution in [0.2, 0.25) is 5.02 Å². The van der Waals surface area contributed by atoms with E-state index in [4.69, 9.17) is 16.3 Å². The Kier molecular flexibility index (Phi) is 4.28. The summed E-state index contributed by atoms with van der Waals surface area (Å²) in [5, 5.41) is 0.147. The lowest BCUT2D eigenvalue weighted by Crippen LogP contribution is -2.56. The van der Waals surface area contributed by atoms with Crippen molar-refractivity contribution in [2.24, 2.45) is 5.41 Å². The summed E-state index contributed by atoms with van der Waals surface area (Å²) in [6.07, 6.45) is 8.82. The van der Waals surface area contributed by atoms with E-state index in [9.17, 15) is 4.39 Å². The minimum atomic E-state index is -0.409. The summed E-state index contributed by atoms with van der Waals surface area (Å²) in [5.41, 5.74) is 0.243. The molecule has 2 unspecified atom stereocenters. The monoisotopic (exact) mass is 360 g/mol. The summed E-state index contributed by atoms with van der Waals surface area (Å²) >= 11 is 9.53. The van der Waals surface area contributed by atoms with Crippen LogP contribution in [-0.4, -0.2) is 10.9 Å². The van der Waals surface area contributed by atoms with Gasteiger partial charge in [0, 0.05) is 16.3 Å². The zero-order valence-corrected chi connectivity index (χ0v) is 13.7. The molecule has 0 aromatic heterocycles. The Morgan fingerprint density at radius 2 is 1.90 bits per heavy atom. The van der Waals surface area contributed by atoms with Gasteiger partial charge in [0.2, 0.25) is 0 Å². The Morgan fingerprint density at radius 1 is 1.20 bits per heavy atom. The van der Waals surface area contributed by atoms with E-state index in [2.05, 4.69) is 15.9 Å². The summed E-state index contributed by atoms with van der Waals surface area (Å²) in [6.45, 7) is 0. The van der Waals surface area contributed by atoms with Crippen molar-refractivity contribution in [1.82, 2.24) is 0 Å². The van der Waals surface area contributed by atoms with Crippen LogP contribution in [0.15, 0.2) is 18.2 Å². The highest BCUT2D eigenvalue weighted by atomic mass is 79.9. The SMILES string of the molecule is Fc1cc(OC2CC(Br)C23CCCCCC3)ccc1Cl. The Labute approximate surface area is 133 Å². The van der Waals surface area contributed by atoms with Gasteiger partial charge in [0.25, 0.3) is 0 Å². The Morgan fingerprint density at radius 3 is 2.50 bits per heavy atom. The summed E-state index contributed by atoms with van der Waals surface area (Å²) in [6, 6.07) is 4.72. The van der Waals surface area contributed by atoms with Gasteiger partial charge in [0.15, 0.2) is 0 Å². The van der Waals surface area contributed by atoms with E-state index in [0.717, 1.165) is 6.42 Å². The molecule has 1 nitrogen and oxygen atoms in total. The van der Waals surface area contributed by atoms with Crippen molar-refractivity contribution in [1.29, 1.82) is 0 Å². The van der Waals surface area contributed by atoms with Crippen molar-refractivity contribution in [2.75, 3.05) is 0 Å². The number of benzene rings is 1. The van der Waals surface area contributed by atoms with Crippen LogP contribution in [0.25, 0.3) is 0 Å². The van der Waals surface area contributed by atoms with Crippen LogP contribution < -0.4 is 4.74 Å². The third-order valence-corrected chi connectivity index (χ3v) is 6.48. The van der Waals surface area contributed by atoms with Gasteiger partial charge in [0.1, 0.15) is 17.7 Å². The molecule has 0 radical (unpaired) electrons. The van der Waals surface area contributed by atoms with Gasteiger partial charge in [-0.25, -0.2) is 4.39 Å². The van der Waals surface area contributed by atoms with Crippen LogP contribution >= 0.6 is 27.5 Å². The molecule has 0 amide bonds. The van der Waals surface area contributed by atoms with Crippen molar-refractivity contribution in [3.63, 3.8) is 0 Å². The van der Waals surface area contributed by atoms with E-state index in [1.165, 1.54) is 44.6 Å². The zero-order chi connectivity index (χ0) is 14.2. The summed E-state index contributed by atoms with van der Waals surface area (Å²) in [4.78, 5) is 0.537. The van der Waals surface area contributed by atoms with Gasteiger partial charge >= 0.3 is 0 Å². The second-order valence-corrected chi connectivity index (χ2v) is 7.55. The van der Waals surface area contributed by atoms with Gasteiger partial charge in [-0.3, -0.25) is 0 Å². The van der Waals surface area contributed by atoms with Crippen molar-refractivity contribution >= 4 is 27.5 Å². The molecule has 4 heteroatoms. The summed E-state index contributed by atoms with van der Waals surface area (Å²) < 4.78 is 19.6. The first kappa shape index (κ1) is 14.6. The molecule has 0 saturated heterocycles. The number of hydrogen-bond acceptors (Lipinski definition) is 1. The van der Waals surface area contributed by atoms with Gasteiger partial charge in [0.05, 0.1) is 5.02 Å². The van der Waals surface area contributed by atoms with Crippen LogP contribution in [0.3, 0.4) is 0 Å². The van der Waals surface area contributed by atoms with Crippen LogP contribution in [0.4, 0.5) is 4.39 Å². The summed E-state index contributed by atoms with van der Waals surface area (Å²) in [5.74, 6) is 0.189. The molecule has 2 fully saturated rings. The molecule has 1 spiro atoms. The third-order valence-electron chi connectivity index (χ3n) is 4.89. The molecule has 2 atom stereocenters. The van der Waals surface area contributed by atoms with Gasteiger partial charge in [-0.15, -0.1) is 0 Å². The third kappa shape index (κ3) is 2.59. The quantitative estimate of drug-likeness (QED) is 0.611. The van der Waals surface area contributed by atoms with E-state index >= 15 is 0 Å². The van der Waals surface area contributed by atoms with Crippen LogP contribution in [0, 0.1) is 11.2 Å². The van der Waals surface area contributed by atoms with Crippen molar-refractivity contribution in [3.05, 3.63) is 29.0 Å². The predicted molar refractivity (Wildman–Crippen MR) is 83.3 cm³/mol. The van der Waals surface area contributed by atoms with Crippen LogP contribution in [0.1, 0.15) is 44.9 Å². The molecule has 0 aliphatic heterocycles.